The number of hydrogen-bond acceptors (Lipinski definition) is 4. The number of esters is 1. The molecule has 3 rings (SSSR count). The van der Waals surface area contributed by atoms with Crippen molar-refractivity contribution in [3.8, 4) is 5.75 Å². The second-order valence-corrected chi connectivity index (χ2v) is 8.07. The maximum absolute atomic E-state index is 11.8. The Hall–Kier alpha value is -2.30. The summed E-state index contributed by atoms with van der Waals surface area (Å²) in [4.78, 5) is 14.1. The van der Waals surface area contributed by atoms with E-state index in [9.17, 15) is 4.79 Å². The second-order valence-electron chi connectivity index (χ2n) is 8.07. The van der Waals surface area contributed by atoms with Gasteiger partial charge in [0.25, 0.3) is 0 Å². The Morgan fingerprint density at radius 1 is 1.13 bits per heavy atom. The third kappa shape index (κ3) is 6.10. The van der Waals surface area contributed by atoms with Crippen LogP contribution in [0.4, 0.5) is 0 Å². The predicted octanol–water partition coefficient (Wildman–Crippen LogP) is 5.43. The Labute approximate surface area is 186 Å². The fraction of sp³-hybridized carbons (Fsp3) is 0.400. The van der Waals surface area contributed by atoms with Crippen LogP contribution >= 0.6 is 12.4 Å². The lowest BCUT2D eigenvalue weighted by Gasteiger charge is -2.35. The largest absolute Gasteiger partial charge is 0.497 e. The standard InChI is InChI=1S/C25H31NO3.ClH/c1-26(2)17-22-12-11-19(13-18-7-5-9-21(14-18)25(27)29-4)15-24(22)20-8-6-10-23(16-20)28-3;/h5-10,13-14,16,22,24H,11-12,15,17H2,1-4H3;1H/t22-,24+;/m1./s1. The van der Waals surface area contributed by atoms with Gasteiger partial charge in [0.2, 0.25) is 0 Å². The van der Waals surface area contributed by atoms with Crippen molar-refractivity contribution in [3.05, 3.63) is 70.8 Å². The molecule has 0 radical (unpaired) electrons. The van der Waals surface area contributed by atoms with Gasteiger partial charge in [0.05, 0.1) is 19.8 Å². The first-order valence-electron chi connectivity index (χ1n) is 10.2. The van der Waals surface area contributed by atoms with E-state index in [4.69, 9.17) is 9.47 Å². The summed E-state index contributed by atoms with van der Waals surface area (Å²) in [5, 5.41) is 0. The van der Waals surface area contributed by atoms with E-state index in [1.807, 2.05) is 24.3 Å². The number of rotatable bonds is 6. The molecular formula is C25H32ClNO3. The lowest BCUT2D eigenvalue weighted by atomic mass is 9.73. The molecule has 1 saturated carbocycles. The molecule has 1 aliphatic rings. The summed E-state index contributed by atoms with van der Waals surface area (Å²) in [6.07, 6.45) is 5.50. The summed E-state index contributed by atoms with van der Waals surface area (Å²) in [7, 11) is 7.42. The average Bonchev–Trinajstić information content (AvgIpc) is 2.74. The highest BCUT2D eigenvalue weighted by Gasteiger charge is 2.29. The predicted molar refractivity (Wildman–Crippen MR) is 125 cm³/mol. The number of ether oxygens (including phenoxy) is 2. The van der Waals surface area contributed by atoms with E-state index in [0.29, 0.717) is 17.4 Å². The molecule has 4 nitrogen and oxygen atoms in total. The molecule has 2 atom stereocenters. The van der Waals surface area contributed by atoms with Gasteiger partial charge in [-0.3, -0.25) is 0 Å². The molecule has 5 heteroatoms. The van der Waals surface area contributed by atoms with Crippen LogP contribution in [0.25, 0.3) is 6.08 Å². The highest BCUT2D eigenvalue weighted by Crippen LogP contribution is 2.42. The lowest BCUT2D eigenvalue weighted by Crippen LogP contribution is -2.29. The molecule has 30 heavy (non-hydrogen) atoms. The number of carbonyl (C=O) groups excluding carboxylic acids is 1. The van der Waals surface area contributed by atoms with Crippen LogP contribution in [0, 0.1) is 5.92 Å². The van der Waals surface area contributed by atoms with Gasteiger partial charge in [-0.15, -0.1) is 12.4 Å². The normalized spacial score (nSPS) is 20.0. The van der Waals surface area contributed by atoms with Crippen LogP contribution < -0.4 is 4.74 Å². The Morgan fingerprint density at radius 2 is 1.90 bits per heavy atom. The molecule has 0 amide bonds. The molecule has 0 bridgehead atoms. The molecule has 2 aromatic rings. The van der Waals surface area contributed by atoms with Crippen molar-refractivity contribution in [2.45, 2.75) is 25.2 Å². The zero-order valence-electron chi connectivity index (χ0n) is 18.3. The van der Waals surface area contributed by atoms with Crippen LogP contribution in [0.3, 0.4) is 0 Å². The van der Waals surface area contributed by atoms with Gasteiger partial charge in [-0.25, -0.2) is 4.79 Å². The first-order chi connectivity index (χ1) is 14.0. The Bertz CT molecular complexity index is 878. The van der Waals surface area contributed by atoms with Crippen LogP contribution in [0.15, 0.2) is 54.1 Å². The highest BCUT2D eigenvalue weighted by molar-refractivity contribution is 5.90. The SMILES string of the molecule is COC(=O)c1cccc(C=C2CC[C@H](CN(C)C)[C@H](c3cccc(OC)c3)C2)c1.Cl. The molecule has 0 N–H and O–H groups in total. The zero-order valence-corrected chi connectivity index (χ0v) is 19.1. The van der Waals surface area contributed by atoms with Gasteiger partial charge in [0.1, 0.15) is 5.75 Å². The molecular weight excluding hydrogens is 398 g/mol. The topological polar surface area (TPSA) is 38.8 Å². The van der Waals surface area contributed by atoms with Gasteiger partial charge in [-0.2, -0.15) is 0 Å². The molecule has 0 spiro atoms. The monoisotopic (exact) mass is 429 g/mol. The maximum Gasteiger partial charge on any atom is 0.337 e. The molecule has 1 fully saturated rings. The summed E-state index contributed by atoms with van der Waals surface area (Å²) >= 11 is 0. The molecule has 0 saturated heterocycles. The smallest absolute Gasteiger partial charge is 0.337 e. The minimum absolute atomic E-state index is 0. The number of carbonyl (C=O) groups is 1. The van der Waals surface area contributed by atoms with Crippen molar-refractivity contribution in [3.63, 3.8) is 0 Å². The Balaban J connectivity index is 0.00000320. The van der Waals surface area contributed by atoms with Gasteiger partial charge in [0.15, 0.2) is 0 Å². The average molecular weight is 430 g/mol. The second kappa shape index (κ2) is 11.2. The van der Waals surface area contributed by atoms with Crippen molar-refractivity contribution in [1.82, 2.24) is 4.90 Å². The Morgan fingerprint density at radius 3 is 2.60 bits per heavy atom. The van der Waals surface area contributed by atoms with E-state index < -0.39 is 0 Å². The summed E-state index contributed by atoms with van der Waals surface area (Å²) < 4.78 is 10.3. The number of halogens is 1. The maximum atomic E-state index is 11.8. The fourth-order valence-corrected chi connectivity index (χ4v) is 4.31. The third-order valence-electron chi connectivity index (χ3n) is 5.69. The van der Waals surface area contributed by atoms with E-state index in [2.05, 4.69) is 43.3 Å². The van der Waals surface area contributed by atoms with Crippen LogP contribution in [0.1, 0.15) is 46.7 Å². The van der Waals surface area contributed by atoms with Crippen molar-refractivity contribution >= 4 is 24.5 Å². The van der Waals surface area contributed by atoms with Crippen molar-refractivity contribution in [1.29, 1.82) is 0 Å². The van der Waals surface area contributed by atoms with E-state index in [-0.39, 0.29) is 18.4 Å². The van der Waals surface area contributed by atoms with Gasteiger partial charge in [-0.05, 0) is 80.6 Å². The van der Waals surface area contributed by atoms with Gasteiger partial charge in [0, 0.05) is 6.54 Å². The number of allylic oxidation sites excluding steroid dienone is 1. The van der Waals surface area contributed by atoms with E-state index >= 15 is 0 Å². The van der Waals surface area contributed by atoms with Gasteiger partial charge < -0.3 is 14.4 Å². The van der Waals surface area contributed by atoms with E-state index in [0.717, 1.165) is 37.1 Å². The van der Waals surface area contributed by atoms with E-state index in [1.165, 1.54) is 18.2 Å². The summed E-state index contributed by atoms with van der Waals surface area (Å²) in [6.45, 7) is 1.08. The zero-order chi connectivity index (χ0) is 20.8. The minimum atomic E-state index is -0.297. The van der Waals surface area contributed by atoms with Crippen molar-refractivity contribution < 1.29 is 14.3 Å². The molecule has 0 heterocycles. The van der Waals surface area contributed by atoms with Crippen LogP contribution in [0.2, 0.25) is 0 Å². The van der Waals surface area contributed by atoms with Crippen LogP contribution in [-0.2, 0) is 4.74 Å². The summed E-state index contributed by atoms with van der Waals surface area (Å²) in [6, 6.07) is 16.1. The quantitative estimate of drug-likeness (QED) is 0.573. The molecule has 0 aromatic heterocycles. The highest BCUT2D eigenvalue weighted by atomic mass is 35.5. The van der Waals surface area contributed by atoms with E-state index in [1.54, 1.807) is 13.2 Å². The molecule has 0 aliphatic heterocycles. The number of methoxy groups -OCH3 is 2. The first kappa shape index (κ1) is 24.0. The molecule has 0 unspecified atom stereocenters. The lowest BCUT2D eigenvalue weighted by molar-refractivity contribution is 0.0600. The van der Waals surface area contributed by atoms with Gasteiger partial charge in [-0.1, -0.05) is 35.9 Å². The van der Waals surface area contributed by atoms with Crippen LogP contribution in [-0.4, -0.2) is 45.7 Å². The first-order valence-corrected chi connectivity index (χ1v) is 10.2. The Kier molecular flexibility index (Phi) is 8.94. The molecule has 1 aliphatic carbocycles. The number of benzene rings is 2. The van der Waals surface area contributed by atoms with Crippen LogP contribution in [0.5, 0.6) is 5.75 Å². The number of hydrogen-bond donors (Lipinski definition) is 0. The number of nitrogens with zero attached hydrogens (tertiary/aromatic N) is 1. The van der Waals surface area contributed by atoms with Crippen molar-refractivity contribution in [2.24, 2.45) is 5.92 Å². The third-order valence-corrected chi connectivity index (χ3v) is 5.69. The summed E-state index contributed by atoms with van der Waals surface area (Å²) in [5.74, 6) is 1.68. The molecule has 162 valence electrons. The minimum Gasteiger partial charge on any atom is -0.497 e. The summed E-state index contributed by atoms with van der Waals surface area (Å²) in [5.41, 5.74) is 4.41. The fourth-order valence-electron chi connectivity index (χ4n) is 4.31. The van der Waals surface area contributed by atoms with Gasteiger partial charge >= 0.3 is 5.97 Å². The molecule has 2 aromatic carbocycles. The van der Waals surface area contributed by atoms with Crippen molar-refractivity contribution in [2.75, 3.05) is 34.9 Å².